The Bertz CT molecular complexity index is 867. The molecule has 25 heavy (non-hydrogen) atoms. The van der Waals surface area contributed by atoms with Crippen LogP contribution in [0.4, 0.5) is 5.82 Å². The minimum absolute atomic E-state index is 0.0288. The highest BCUT2D eigenvalue weighted by Crippen LogP contribution is 2.55. The highest BCUT2D eigenvalue weighted by atomic mass is 16.3. The number of para-hydroxylation sites is 1. The smallest absolute Gasteiger partial charge is 0.236 e. The first-order valence-electron chi connectivity index (χ1n) is 8.84. The molecule has 2 fully saturated rings. The number of nitrogens with one attached hydrogen (secondary N) is 1. The molecule has 6 heteroatoms. The fraction of sp³-hybridized carbons (Fsp3) is 0.421. The average Bonchev–Trinajstić information content (AvgIpc) is 3.21. The molecule has 0 saturated heterocycles. The van der Waals surface area contributed by atoms with Gasteiger partial charge in [-0.05, 0) is 55.7 Å². The van der Waals surface area contributed by atoms with Gasteiger partial charge in [0.05, 0.1) is 11.1 Å². The summed E-state index contributed by atoms with van der Waals surface area (Å²) in [4.78, 5) is 12.8. The van der Waals surface area contributed by atoms with Crippen LogP contribution in [0.2, 0.25) is 0 Å². The predicted molar refractivity (Wildman–Crippen MR) is 92.9 cm³/mol. The van der Waals surface area contributed by atoms with Crippen LogP contribution >= 0.6 is 0 Å². The lowest BCUT2D eigenvalue weighted by molar-refractivity contribution is -0.121. The third kappa shape index (κ3) is 2.03. The molecule has 1 amide bonds. The zero-order valence-corrected chi connectivity index (χ0v) is 13.8. The van der Waals surface area contributed by atoms with Gasteiger partial charge in [-0.2, -0.15) is 0 Å². The fourth-order valence-corrected chi connectivity index (χ4v) is 4.76. The largest absolute Gasteiger partial charge is 0.507 e. The number of nitrogens with two attached hydrogens (primary N) is 1. The molecule has 2 heterocycles. The molecule has 4 N–H and O–H groups in total. The Balaban J connectivity index is 1.58. The van der Waals surface area contributed by atoms with Crippen LogP contribution in [0, 0.1) is 11.8 Å². The molecule has 6 nitrogen and oxygen atoms in total. The number of phenolic OH excluding ortho intramolecular Hbond substituents is 1. The molecule has 2 aliphatic carbocycles. The van der Waals surface area contributed by atoms with E-state index in [0.717, 1.165) is 31.2 Å². The van der Waals surface area contributed by atoms with Crippen LogP contribution in [-0.4, -0.2) is 27.3 Å². The van der Waals surface area contributed by atoms with Gasteiger partial charge in [0, 0.05) is 17.2 Å². The number of phenols is 1. The van der Waals surface area contributed by atoms with Crippen LogP contribution < -0.4 is 11.1 Å². The third-order valence-electron chi connectivity index (χ3n) is 6.36. The lowest BCUT2D eigenvalue weighted by Crippen LogP contribution is -2.34. The van der Waals surface area contributed by atoms with Crippen molar-refractivity contribution in [2.75, 3.05) is 5.32 Å². The van der Waals surface area contributed by atoms with Gasteiger partial charge in [-0.1, -0.05) is 12.1 Å². The van der Waals surface area contributed by atoms with E-state index in [1.54, 1.807) is 12.1 Å². The van der Waals surface area contributed by atoms with E-state index in [2.05, 4.69) is 15.5 Å². The van der Waals surface area contributed by atoms with Crippen molar-refractivity contribution in [1.29, 1.82) is 0 Å². The van der Waals surface area contributed by atoms with Gasteiger partial charge in [0.15, 0.2) is 5.82 Å². The number of nitrogens with zero attached hydrogens (tertiary/aromatic N) is 2. The van der Waals surface area contributed by atoms with E-state index in [-0.39, 0.29) is 11.7 Å². The lowest BCUT2D eigenvalue weighted by Gasteiger charge is -2.26. The van der Waals surface area contributed by atoms with E-state index in [1.807, 2.05) is 18.2 Å². The summed E-state index contributed by atoms with van der Waals surface area (Å²) < 4.78 is 0. The van der Waals surface area contributed by atoms with Crippen LogP contribution in [-0.2, 0) is 10.2 Å². The van der Waals surface area contributed by atoms with E-state index in [9.17, 15) is 9.90 Å². The normalized spacial score (nSPS) is 32.7. The topological polar surface area (TPSA) is 101 Å². The van der Waals surface area contributed by atoms with Crippen LogP contribution in [0.25, 0.3) is 11.3 Å². The van der Waals surface area contributed by atoms with Crippen molar-refractivity contribution < 1.29 is 9.90 Å². The Morgan fingerprint density at radius 2 is 1.88 bits per heavy atom. The van der Waals surface area contributed by atoms with Crippen LogP contribution in [0.15, 0.2) is 30.3 Å². The zero-order chi connectivity index (χ0) is 17.2. The highest BCUT2D eigenvalue weighted by Gasteiger charge is 2.56. The molecule has 2 saturated carbocycles. The maximum absolute atomic E-state index is 12.8. The summed E-state index contributed by atoms with van der Waals surface area (Å²) in [7, 11) is 0. The SMILES string of the molecule is NC1C2CCC3(CCC12)C(=O)Nc1nnc(-c2ccccc2O)cc13. The Kier molecular flexibility index (Phi) is 2.98. The number of fused-ring (bicyclic) bond motifs is 3. The van der Waals surface area contributed by atoms with Gasteiger partial charge in [0.1, 0.15) is 5.75 Å². The number of hydrogen-bond donors (Lipinski definition) is 3. The lowest BCUT2D eigenvalue weighted by atomic mass is 9.74. The summed E-state index contributed by atoms with van der Waals surface area (Å²) in [5.41, 5.74) is 7.74. The first-order chi connectivity index (χ1) is 12.1. The molecule has 2 atom stereocenters. The van der Waals surface area contributed by atoms with Crippen molar-refractivity contribution >= 4 is 11.7 Å². The molecule has 1 aromatic heterocycles. The highest BCUT2D eigenvalue weighted by molar-refractivity contribution is 6.05. The number of aromatic nitrogens is 2. The van der Waals surface area contributed by atoms with Gasteiger partial charge < -0.3 is 16.2 Å². The summed E-state index contributed by atoms with van der Waals surface area (Å²) in [6.45, 7) is 0. The molecule has 5 rings (SSSR count). The number of anilines is 1. The van der Waals surface area contributed by atoms with E-state index >= 15 is 0 Å². The Labute approximate surface area is 145 Å². The maximum atomic E-state index is 12.8. The average molecular weight is 336 g/mol. The summed E-state index contributed by atoms with van der Waals surface area (Å²) in [5, 5.41) is 21.5. The van der Waals surface area contributed by atoms with Crippen LogP contribution in [0.5, 0.6) is 5.75 Å². The molecule has 2 aromatic rings. The van der Waals surface area contributed by atoms with Gasteiger partial charge in [-0.15, -0.1) is 10.2 Å². The molecule has 3 aliphatic rings. The second-order valence-electron chi connectivity index (χ2n) is 7.53. The van der Waals surface area contributed by atoms with Gasteiger partial charge in [-0.25, -0.2) is 0 Å². The molecule has 2 unspecified atom stereocenters. The molecule has 128 valence electrons. The Morgan fingerprint density at radius 1 is 1.16 bits per heavy atom. The minimum Gasteiger partial charge on any atom is -0.507 e. The second kappa shape index (κ2) is 5.02. The number of carbonyl (C=O) groups excluding carboxylic acids is 1. The molecule has 0 bridgehead atoms. The van der Waals surface area contributed by atoms with Gasteiger partial charge in [-0.3, -0.25) is 4.79 Å². The molecule has 1 aromatic carbocycles. The first-order valence-corrected chi connectivity index (χ1v) is 8.84. The van der Waals surface area contributed by atoms with Crippen molar-refractivity contribution in [3.63, 3.8) is 0 Å². The number of amides is 1. The van der Waals surface area contributed by atoms with Crippen LogP contribution in [0.3, 0.4) is 0 Å². The second-order valence-corrected chi connectivity index (χ2v) is 7.53. The van der Waals surface area contributed by atoms with Crippen molar-refractivity contribution in [3.8, 4) is 17.0 Å². The first kappa shape index (κ1) is 14.8. The molecular formula is C19H20N4O2. The summed E-state index contributed by atoms with van der Waals surface area (Å²) in [5.74, 6) is 1.87. The quantitative estimate of drug-likeness (QED) is 0.741. The van der Waals surface area contributed by atoms with Gasteiger partial charge >= 0.3 is 0 Å². The number of benzene rings is 1. The Morgan fingerprint density at radius 3 is 2.60 bits per heavy atom. The predicted octanol–water partition coefficient (Wildman–Crippen LogP) is 2.19. The van der Waals surface area contributed by atoms with E-state index in [1.165, 1.54) is 0 Å². The molecular weight excluding hydrogens is 316 g/mol. The number of rotatable bonds is 1. The molecule has 1 spiro atoms. The van der Waals surface area contributed by atoms with E-state index in [4.69, 9.17) is 5.73 Å². The van der Waals surface area contributed by atoms with E-state index < -0.39 is 5.41 Å². The maximum Gasteiger partial charge on any atom is 0.236 e. The van der Waals surface area contributed by atoms with Gasteiger partial charge in [0.25, 0.3) is 0 Å². The third-order valence-corrected chi connectivity index (χ3v) is 6.36. The fourth-order valence-electron chi connectivity index (χ4n) is 4.76. The van der Waals surface area contributed by atoms with Gasteiger partial charge in [0.2, 0.25) is 5.91 Å². The van der Waals surface area contributed by atoms with E-state index in [0.29, 0.717) is 35.0 Å². The minimum atomic E-state index is -0.530. The Hall–Kier alpha value is -2.47. The number of hydrogen-bond acceptors (Lipinski definition) is 5. The van der Waals surface area contributed by atoms with Crippen molar-refractivity contribution in [2.45, 2.75) is 37.1 Å². The molecule has 1 aliphatic heterocycles. The number of aromatic hydroxyl groups is 1. The molecule has 0 radical (unpaired) electrons. The van der Waals surface area contributed by atoms with Crippen molar-refractivity contribution in [1.82, 2.24) is 10.2 Å². The summed E-state index contributed by atoms with van der Waals surface area (Å²) in [6.07, 6.45) is 3.55. The standard InChI is InChI=1S/C19H20N4O2/c20-16-10-5-7-19(8-6-11(10)16)13-9-14(12-3-1-2-4-15(12)24)22-23-17(13)21-18(19)25/h1-4,9-11,16,24H,5-8,20H2,(H,21,23,25). The zero-order valence-electron chi connectivity index (χ0n) is 13.8. The summed E-state index contributed by atoms with van der Waals surface area (Å²) >= 11 is 0. The van der Waals surface area contributed by atoms with Crippen molar-refractivity contribution in [3.05, 3.63) is 35.9 Å². The monoisotopic (exact) mass is 336 g/mol. The summed E-state index contributed by atoms with van der Waals surface area (Å²) in [6, 6.07) is 9.30. The van der Waals surface area contributed by atoms with Crippen molar-refractivity contribution in [2.24, 2.45) is 17.6 Å². The number of carbonyl (C=O) groups is 1. The van der Waals surface area contributed by atoms with Crippen LogP contribution in [0.1, 0.15) is 31.2 Å².